The lowest BCUT2D eigenvalue weighted by atomic mass is 9.97. The van der Waals surface area contributed by atoms with Crippen LogP contribution in [-0.2, 0) is 10.3 Å². The van der Waals surface area contributed by atoms with Crippen LogP contribution in [0.1, 0.15) is 28.3 Å². The summed E-state index contributed by atoms with van der Waals surface area (Å²) in [6, 6.07) is 3.38. The highest BCUT2D eigenvalue weighted by molar-refractivity contribution is 5.96. The van der Waals surface area contributed by atoms with Gasteiger partial charge in [-0.15, -0.1) is 0 Å². The van der Waals surface area contributed by atoms with Gasteiger partial charge in [0.25, 0.3) is 5.91 Å². The third kappa shape index (κ3) is 2.55. The molecule has 1 aliphatic heterocycles. The Bertz CT molecular complexity index is 677. The number of pyridine rings is 1. The maximum absolute atomic E-state index is 12.6. The third-order valence-electron chi connectivity index (χ3n) is 3.74. The van der Waals surface area contributed by atoms with Gasteiger partial charge in [-0.3, -0.25) is 4.79 Å². The molecule has 2 aromatic rings. The quantitative estimate of drug-likeness (QED) is 0.885. The first-order chi connectivity index (χ1) is 10.6. The third-order valence-corrected chi connectivity index (χ3v) is 3.74. The van der Waals surface area contributed by atoms with E-state index < -0.39 is 5.54 Å². The number of hydrogen-bond donors (Lipinski definition) is 2. The monoisotopic (exact) mass is 302 g/mol. The predicted molar refractivity (Wildman–Crippen MR) is 78.7 cm³/mol. The maximum Gasteiger partial charge on any atom is 0.257 e. The van der Waals surface area contributed by atoms with Gasteiger partial charge < -0.3 is 19.8 Å². The van der Waals surface area contributed by atoms with Crippen LogP contribution >= 0.6 is 0 Å². The maximum atomic E-state index is 12.6. The van der Waals surface area contributed by atoms with E-state index in [1.165, 1.54) is 7.11 Å². The van der Waals surface area contributed by atoms with Crippen molar-refractivity contribution in [2.45, 2.75) is 18.9 Å². The molecule has 0 spiro atoms. The summed E-state index contributed by atoms with van der Waals surface area (Å²) < 4.78 is 10.6. The van der Waals surface area contributed by atoms with Gasteiger partial charge in [0.15, 0.2) is 0 Å². The van der Waals surface area contributed by atoms with Crippen LogP contribution in [0.5, 0.6) is 5.88 Å². The van der Waals surface area contributed by atoms with E-state index in [0.717, 1.165) is 5.69 Å². The number of nitrogens with zero attached hydrogens (tertiary/aromatic N) is 2. The summed E-state index contributed by atoms with van der Waals surface area (Å²) in [5.41, 5.74) is 0.681. The molecular formula is C15H18N4O3. The second kappa shape index (κ2) is 5.76. The summed E-state index contributed by atoms with van der Waals surface area (Å²) in [6.45, 7) is 2.88. The van der Waals surface area contributed by atoms with Crippen LogP contribution in [0.3, 0.4) is 0 Å². The highest BCUT2D eigenvalue weighted by Crippen LogP contribution is 2.29. The fourth-order valence-electron chi connectivity index (χ4n) is 2.58. The average Bonchev–Trinajstić information content (AvgIpc) is 3.17. The van der Waals surface area contributed by atoms with Crippen molar-refractivity contribution in [3.63, 3.8) is 0 Å². The number of H-pyrrole nitrogens is 1. The van der Waals surface area contributed by atoms with E-state index in [1.54, 1.807) is 24.5 Å². The van der Waals surface area contributed by atoms with E-state index in [-0.39, 0.29) is 5.91 Å². The number of carbonyl (C=O) groups is 1. The standard InChI is InChI=1S/C15H18N4O3/c1-10-8-17-14(18-10)15(5-7-22-9-15)19-12(20)11-4-3-6-16-13(11)21-2/h3-4,6,8H,5,7,9H2,1-2H3,(H,17,18)(H,19,20). The summed E-state index contributed by atoms with van der Waals surface area (Å²) in [5.74, 6) is 0.743. The van der Waals surface area contributed by atoms with Crippen LogP contribution in [0.4, 0.5) is 0 Å². The molecule has 1 unspecified atom stereocenters. The number of ether oxygens (including phenoxy) is 2. The van der Waals surface area contributed by atoms with Crippen molar-refractivity contribution in [1.82, 2.24) is 20.3 Å². The highest BCUT2D eigenvalue weighted by atomic mass is 16.5. The summed E-state index contributed by atoms with van der Waals surface area (Å²) in [7, 11) is 1.49. The van der Waals surface area contributed by atoms with Crippen LogP contribution in [0.2, 0.25) is 0 Å². The van der Waals surface area contributed by atoms with Crippen molar-refractivity contribution >= 4 is 5.91 Å². The zero-order valence-electron chi connectivity index (χ0n) is 12.5. The van der Waals surface area contributed by atoms with E-state index in [4.69, 9.17) is 9.47 Å². The molecular weight excluding hydrogens is 284 g/mol. The van der Waals surface area contributed by atoms with Crippen molar-refractivity contribution in [2.24, 2.45) is 0 Å². The Hall–Kier alpha value is -2.41. The van der Waals surface area contributed by atoms with E-state index in [0.29, 0.717) is 36.9 Å². The second-order valence-corrected chi connectivity index (χ2v) is 5.31. The Morgan fingerprint density at radius 2 is 2.36 bits per heavy atom. The molecule has 7 heteroatoms. The largest absolute Gasteiger partial charge is 0.480 e. The Morgan fingerprint density at radius 1 is 1.50 bits per heavy atom. The molecule has 0 bridgehead atoms. The van der Waals surface area contributed by atoms with Gasteiger partial charge >= 0.3 is 0 Å². The zero-order valence-corrected chi connectivity index (χ0v) is 12.5. The summed E-state index contributed by atoms with van der Waals surface area (Å²) in [6.07, 6.45) is 3.99. The number of methoxy groups -OCH3 is 1. The first kappa shape index (κ1) is 14.5. The fraction of sp³-hybridized carbons (Fsp3) is 0.400. The Balaban J connectivity index is 1.90. The molecule has 0 radical (unpaired) electrons. The molecule has 2 aromatic heterocycles. The normalized spacial score (nSPS) is 20.8. The number of amides is 1. The molecule has 3 heterocycles. The molecule has 2 N–H and O–H groups in total. The molecule has 0 aromatic carbocycles. The first-order valence-corrected chi connectivity index (χ1v) is 7.06. The molecule has 0 aliphatic carbocycles. The van der Waals surface area contributed by atoms with Crippen LogP contribution in [0.25, 0.3) is 0 Å². The van der Waals surface area contributed by atoms with E-state index >= 15 is 0 Å². The van der Waals surface area contributed by atoms with Crippen LogP contribution in [0, 0.1) is 6.92 Å². The van der Waals surface area contributed by atoms with E-state index in [2.05, 4.69) is 20.3 Å². The van der Waals surface area contributed by atoms with Gasteiger partial charge in [-0.25, -0.2) is 9.97 Å². The molecule has 1 atom stereocenters. The van der Waals surface area contributed by atoms with Gasteiger partial charge in [-0.2, -0.15) is 0 Å². The van der Waals surface area contributed by atoms with Gasteiger partial charge in [0, 0.05) is 31.1 Å². The van der Waals surface area contributed by atoms with E-state index in [1.807, 2.05) is 6.92 Å². The van der Waals surface area contributed by atoms with Crippen molar-refractivity contribution in [2.75, 3.05) is 20.3 Å². The van der Waals surface area contributed by atoms with Gasteiger partial charge in [-0.05, 0) is 19.1 Å². The molecule has 22 heavy (non-hydrogen) atoms. The number of aryl methyl sites for hydroxylation is 1. The van der Waals surface area contributed by atoms with Gasteiger partial charge in [0.1, 0.15) is 16.9 Å². The number of hydrogen-bond acceptors (Lipinski definition) is 5. The summed E-state index contributed by atoms with van der Waals surface area (Å²) in [4.78, 5) is 24.2. The molecule has 116 valence electrons. The van der Waals surface area contributed by atoms with Crippen LogP contribution in [-0.4, -0.2) is 41.2 Å². The Morgan fingerprint density at radius 3 is 3.00 bits per heavy atom. The van der Waals surface area contributed by atoms with Crippen molar-refractivity contribution < 1.29 is 14.3 Å². The molecule has 1 amide bonds. The fourth-order valence-corrected chi connectivity index (χ4v) is 2.58. The number of rotatable bonds is 4. The van der Waals surface area contributed by atoms with Crippen LogP contribution < -0.4 is 10.1 Å². The van der Waals surface area contributed by atoms with Crippen molar-refractivity contribution in [1.29, 1.82) is 0 Å². The number of aromatic nitrogens is 3. The molecule has 3 rings (SSSR count). The Kier molecular flexibility index (Phi) is 3.81. The van der Waals surface area contributed by atoms with Crippen molar-refractivity contribution in [3.8, 4) is 5.88 Å². The molecule has 1 fully saturated rings. The number of imidazole rings is 1. The lowest BCUT2D eigenvalue weighted by molar-refractivity contribution is 0.0865. The minimum absolute atomic E-state index is 0.260. The van der Waals surface area contributed by atoms with Gasteiger partial charge in [-0.1, -0.05) is 0 Å². The van der Waals surface area contributed by atoms with Crippen molar-refractivity contribution in [3.05, 3.63) is 41.6 Å². The lowest BCUT2D eigenvalue weighted by Gasteiger charge is -2.26. The lowest BCUT2D eigenvalue weighted by Crippen LogP contribution is -2.47. The SMILES string of the molecule is COc1ncccc1C(=O)NC1(c2ncc(C)[nH]2)CCOC1. The summed E-state index contributed by atoms with van der Waals surface area (Å²) in [5, 5.41) is 3.04. The number of aromatic amines is 1. The predicted octanol–water partition coefficient (Wildman–Crippen LogP) is 1.17. The molecule has 1 saturated heterocycles. The zero-order chi connectivity index (χ0) is 15.6. The molecule has 7 nitrogen and oxygen atoms in total. The molecule has 1 aliphatic rings. The number of carbonyl (C=O) groups excluding carboxylic acids is 1. The smallest absolute Gasteiger partial charge is 0.257 e. The average molecular weight is 302 g/mol. The topological polar surface area (TPSA) is 89.1 Å². The molecule has 0 saturated carbocycles. The minimum Gasteiger partial charge on any atom is -0.480 e. The second-order valence-electron chi connectivity index (χ2n) is 5.31. The number of nitrogens with one attached hydrogen (secondary N) is 2. The van der Waals surface area contributed by atoms with Crippen LogP contribution in [0.15, 0.2) is 24.5 Å². The van der Waals surface area contributed by atoms with Gasteiger partial charge in [0.2, 0.25) is 5.88 Å². The first-order valence-electron chi connectivity index (χ1n) is 7.06. The summed E-state index contributed by atoms with van der Waals surface area (Å²) >= 11 is 0. The minimum atomic E-state index is -0.647. The Labute approximate surface area is 128 Å². The van der Waals surface area contributed by atoms with E-state index in [9.17, 15) is 4.79 Å². The highest BCUT2D eigenvalue weighted by Gasteiger charge is 2.41. The van der Waals surface area contributed by atoms with Gasteiger partial charge in [0.05, 0.1) is 13.7 Å².